The first-order valence-electron chi connectivity index (χ1n) is 5.43. The summed E-state index contributed by atoms with van der Waals surface area (Å²) < 4.78 is 20.6. The van der Waals surface area contributed by atoms with Gasteiger partial charge in [-0.25, -0.2) is 19.3 Å². The van der Waals surface area contributed by atoms with E-state index in [1.165, 1.54) is 23.4 Å². The van der Waals surface area contributed by atoms with Gasteiger partial charge in [-0.2, -0.15) is 0 Å². The first kappa shape index (κ1) is 11.5. The molecule has 0 aromatic carbocycles. The van der Waals surface area contributed by atoms with Gasteiger partial charge in [0.2, 0.25) is 0 Å². The van der Waals surface area contributed by atoms with E-state index >= 15 is 0 Å². The number of aliphatic hydroxyl groups excluding tert-OH is 2. The third-order valence-corrected chi connectivity index (χ3v) is 2.99. The minimum atomic E-state index is -1.64. The van der Waals surface area contributed by atoms with Gasteiger partial charge < -0.3 is 14.9 Å². The third-order valence-electron chi connectivity index (χ3n) is 2.99. The summed E-state index contributed by atoms with van der Waals surface area (Å²) in [7, 11) is 0. The molecule has 3 rings (SSSR count). The molecule has 2 N–H and O–H groups in total. The van der Waals surface area contributed by atoms with Crippen molar-refractivity contribution in [2.45, 2.75) is 24.6 Å². The number of hydrogen-bond acceptors (Lipinski definition) is 6. The second-order valence-corrected chi connectivity index (χ2v) is 4.07. The Bertz CT molecular complexity index is 563. The Labute approximate surface area is 101 Å². The van der Waals surface area contributed by atoms with Crippen molar-refractivity contribution in [3.63, 3.8) is 0 Å². The maximum Gasteiger partial charge on any atom is 0.173 e. The molecule has 0 radical (unpaired) electrons. The molecule has 0 unspecified atom stereocenters. The van der Waals surface area contributed by atoms with E-state index in [1.807, 2.05) is 0 Å². The van der Waals surface area contributed by atoms with Gasteiger partial charge in [-0.15, -0.1) is 0 Å². The quantitative estimate of drug-likeness (QED) is 0.744. The fraction of sp³-hybridized carbons (Fsp3) is 0.500. The second-order valence-electron chi connectivity index (χ2n) is 4.07. The number of hydrogen-bond donors (Lipinski definition) is 2. The van der Waals surface area contributed by atoms with Gasteiger partial charge in [0, 0.05) is 0 Å². The molecule has 1 fully saturated rings. The molecule has 0 saturated carbocycles. The van der Waals surface area contributed by atoms with Crippen LogP contribution in [0.3, 0.4) is 0 Å². The maximum atomic E-state index is 13.9. The van der Waals surface area contributed by atoms with E-state index in [-0.39, 0.29) is 0 Å². The molecule has 1 aliphatic rings. The standard InChI is InChI=1S/C10H11FN4O3/c11-7-8(17)6(2-16)18-10(7)15-4-14-5-1-12-3-13-9(5)15/h1,3-4,6-8,10,16-17H,2H2/t6-,7-,8-,10-/m1/s1. The lowest BCUT2D eigenvalue weighted by molar-refractivity contribution is -0.0459. The highest BCUT2D eigenvalue weighted by Gasteiger charge is 2.45. The Morgan fingerprint density at radius 1 is 1.44 bits per heavy atom. The second kappa shape index (κ2) is 4.23. The van der Waals surface area contributed by atoms with Gasteiger partial charge >= 0.3 is 0 Å². The van der Waals surface area contributed by atoms with Gasteiger partial charge in [0.15, 0.2) is 18.0 Å². The van der Waals surface area contributed by atoms with Crippen molar-refractivity contribution in [1.82, 2.24) is 19.5 Å². The smallest absolute Gasteiger partial charge is 0.173 e. The summed E-state index contributed by atoms with van der Waals surface area (Å²) in [6, 6.07) is 0. The maximum absolute atomic E-state index is 13.9. The van der Waals surface area contributed by atoms with Crippen LogP contribution in [0.5, 0.6) is 0 Å². The molecule has 3 heterocycles. The molecule has 0 aliphatic carbocycles. The van der Waals surface area contributed by atoms with Crippen molar-refractivity contribution in [1.29, 1.82) is 0 Å². The number of nitrogens with zero attached hydrogens (tertiary/aromatic N) is 4. The van der Waals surface area contributed by atoms with E-state index in [4.69, 9.17) is 9.84 Å². The predicted molar refractivity (Wildman–Crippen MR) is 57.2 cm³/mol. The lowest BCUT2D eigenvalue weighted by Gasteiger charge is -2.14. The average Bonchev–Trinajstić information content (AvgIpc) is 2.93. The molecule has 4 atom stereocenters. The van der Waals surface area contributed by atoms with Crippen LogP contribution < -0.4 is 0 Å². The Morgan fingerprint density at radius 2 is 2.28 bits per heavy atom. The van der Waals surface area contributed by atoms with Crippen LogP contribution in [0.15, 0.2) is 18.9 Å². The number of alkyl halides is 1. The van der Waals surface area contributed by atoms with Crippen LogP contribution in [0, 0.1) is 0 Å². The van der Waals surface area contributed by atoms with Crippen molar-refractivity contribution in [3.05, 3.63) is 18.9 Å². The summed E-state index contributed by atoms with van der Waals surface area (Å²) in [5, 5.41) is 18.6. The molecule has 7 nitrogen and oxygen atoms in total. The number of ether oxygens (including phenoxy) is 1. The summed E-state index contributed by atoms with van der Waals surface area (Å²) in [6.45, 7) is -0.445. The van der Waals surface area contributed by atoms with E-state index in [9.17, 15) is 9.50 Å². The minimum absolute atomic E-state index is 0.420. The summed E-state index contributed by atoms with van der Waals surface area (Å²) in [5.74, 6) is 0. The molecule has 1 saturated heterocycles. The van der Waals surface area contributed by atoms with Gasteiger partial charge in [0.05, 0.1) is 19.1 Å². The fourth-order valence-electron chi connectivity index (χ4n) is 2.05. The van der Waals surface area contributed by atoms with E-state index in [0.29, 0.717) is 11.2 Å². The number of rotatable bonds is 2. The van der Waals surface area contributed by atoms with Gasteiger partial charge in [-0.1, -0.05) is 0 Å². The molecule has 18 heavy (non-hydrogen) atoms. The van der Waals surface area contributed by atoms with E-state index in [2.05, 4.69) is 15.0 Å². The highest BCUT2D eigenvalue weighted by atomic mass is 19.1. The molecule has 0 amide bonds. The van der Waals surface area contributed by atoms with Crippen LogP contribution in [0.1, 0.15) is 6.23 Å². The van der Waals surface area contributed by atoms with E-state index in [1.54, 1.807) is 0 Å². The van der Waals surface area contributed by atoms with Gasteiger partial charge in [0.1, 0.15) is 24.1 Å². The summed E-state index contributed by atoms with van der Waals surface area (Å²) >= 11 is 0. The zero-order valence-corrected chi connectivity index (χ0v) is 9.22. The summed E-state index contributed by atoms with van der Waals surface area (Å²) in [5.41, 5.74) is 0.929. The SMILES string of the molecule is OC[C@H]1O[C@@H](n2cnc3cncnc32)[C@H](F)[C@@H]1O. The number of aromatic nitrogens is 4. The largest absolute Gasteiger partial charge is 0.394 e. The van der Waals surface area contributed by atoms with Crippen molar-refractivity contribution in [2.75, 3.05) is 6.61 Å². The highest BCUT2D eigenvalue weighted by molar-refractivity contribution is 5.68. The minimum Gasteiger partial charge on any atom is -0.394 e. The van der Waals surface area contributed by atoms with Crippen LogP contribution >= 0.6 is 0 Å². The van der Waals surface area contributed by atoms with Gasteiger partial charge in [-0.3, -0.25) is 4.57 Å². The molecule has 8 heteroatoms. The monoisotopic (exact) mass is 254 g/mol. The molecular formula is C10H11FN4O3. The van der Waals surface area contributed by atoms with E-state index < -0.39 is 31.2 Å². The van der Waals surface area contributed by atoms with Crippen molar-refractivity contribution < 1.29 is 19.3 Å². The third kappa shape index (κ3) is 1.57. The van der Waals surface area contributed by atoms with Crippen LogP contribution in [-0.2, 0) is 4.74 Å². The Balaban J connectivity index is 2.00. The van der Waals surface area contributed by atoms with Crippen LogP contribution in [0.4, 0.5) is 4.39 Å². The Hall–Kier alpha value is -1.64. The Morgan fingerprint density at radius 3 is 3.00 bits per heavy atom. The van der Waals surface area contributed by atoms with Crippen molar-refractivity contribution >= 4 is 11.2 Å². The van der Waals surface area contributed by atoms with Crippen LogP contribution in [-0.4, -0.2) is 54.7 Å². The molecule has 2 aromatic heterocycles. The van der Waals surface area contributed by atoms with Crippen LogP contribution in [0.25, 0.3) is 11.2 Å². The average molecular weight is 254 g/mol. The fourth-order valence-corrected chi connectivity index (χ4v) is 2.05. The predicted octanol–water partition coefficient (Wildman–Crippen LogP) is -0.585. The first-order chi connectivity index (χ1) is 8.72. The van der Waals surface area contributed by atoms with Crippen LogP contribution in [0.2, 0.25) is 0 Å². The van der Waals surface area contributed by atoms with Crippen molar-refractivity contribution in [3.8, 4) is 0 Å². The first-order valence-corrected chi connectivity index (χ1v) is 5.43. The van der Waals surface area contributed by atoms with Gasteiger partial charge in [-0.05, 0) is 0 Å². The van der Waals surface area contributed by atoms with E-state index in [0.717, 1.165) is 0 Å². The summed E-state index contributed by atoms with van der Waals surface area (Å²) in [4.78, 5) is 11.8. The summed E-state index contributed by atoms with van der Waals surface area (Å²) in [6.07, 6.45) is -0.790. The zero-order chi connectivity index (χ0) is 12.7. The zero-order valence-electron chi connectivity index (χ0n) is 9.22. The molecule has 2 aromatic rings. The van der Waals surface area contributed by atoms with Crippen molar-refractivity contribution in [2.24, 2.45) is 0 Å². The molecule has 1 aliphatic heterocycles. The topological polar surface area (TPSA) is 93.3 Å². The normalized spacial score (nSPS) is 32.2. The number of aliphatic hydroxyl groups is 2. The number of halogens is 1. The van der Waals surface area contributed by atoms with Gasteiger partial charge in [0.25, 0.3) is 0 Å². The lowest BCUT2D eigenvalue weighted by atomic mass is 10.1. The number of imidazole rings is 1. The lowest BCUT2D eigenvalue weighted by Crippen LogP contribution is -2.30. The highest BCUT2D eigenvalue weighted by Crippen LogP contribution is 2.33. The number of fused-ring (bicyclic) bond motifs is 1. The molecular weight excluding hydrogens is 243 g/mol. The Kier molecular flexibility index (Phi) is 2.69. The molecule has 0 spiro atoms. The molecule has 96 valence electrons. The molecule has 0 bridgehead atoms.